The van der Waals surface area contributed by atoms with Gasteiger partial charge < -0.3 is 10.6 Å². The number of thiazole rings is 1. The molecule has 1 unspecified atom stereocenters. The normalized spacial score (nSPS) is 20.4. The second kappa shape index (κ2) is 4.37. The molecular weight excluding hydrogens is 254 g/mol. The van der Waals surface area contributed by atoms with Gasteiger partial charge in [0.05, 0.1) is 21.6 Å². The van der Waals surface area contributed by atoms with Crippen LogP contribution >= 0.6 is 11.3 Å². The van der Waals surface area contributed by atoms with E-state index in [0.717, 1.165) is 35.9 Å². The maximum absolute atomic E-state index is 6.30. The molecule has 102 valence electrons. The molecule has 1 fully saturated rings. The predicted molar refractivity (Wildman–Crippen MR) is 83.8 cm³/mol. The molecule has 0 saturated carbocycles. The van der Waals surface area contributed by atoms with E-state index in [0.29, 0.717) is 5.41 Å². The fraction of sp³-hybridized carbons (Fsp3) is 0.533. The highest BCUT2D eigenvalue weighted by Gasteiger charge is 2.32. The second-order valence-electron chi connectivity index (χ2n) is 6.50. The number of hydrogen-bond acceptors (Lipinski definition) is 4. The Morgan fingerprint density at radius 1 is 1.37 bits per heavy atom. The highest BCUT2D eigenvalue weighted by atomic mass is 32.1. The molecule has 0 radical (unpaired) electrons. The molecule has 19 heavy (non-hydrogen) atoms. The third-order valence-corrected chi connectivity index (χ3v) is 5.07. The third-order valence-electron chi connectivity index (χ3n) is 4.27. The van der Waals surface area contributed by atoms with Crippen LogP contribution in [0.5, 0.6) is 0 Å². The van der Waals surface area contributed by atoms with Crippen LogP contribution < -0.4 is 10.6 Å². The molecule has 2 heterocycles. The summed E-state index contributed by atoms with van der Waals surface area (Å²) in [5.74, 6) is 0.734. The summed E-state index contributed by atoms with van der Waals surface area (Å²) in [6, 6.07) is 4.30. The lowest BCUT2D eigenvalue weighted by atomic mass is 9.80. The molecule has 4 heteroatoms. The van der Waals surface area contributed by atoms with Gasteiger partial charge in [-0.2, -0.15) is 0 Å². The SMILES string of the molecule is CC(C)(C)C1CCN(c2ccc3scnc3c2N)C1. The monoisotopic (exact) mass is 275 g/mol. The van der Waals surface area contributed by atoms with Gasteiger partial charge in [0.15, 0.2) is 0 Å². The van der Waals surface area contributed by atoms with E-state index in [1.807, 2.05) is 5.51 Å². The zero-order chi connectivity index (χ0) is 13.6. The van der Waals surface area contributed by atoms with Crippen LogP contribution in [0, 0.1) is 11.3 Å². The lowest BCUT2D eigenvalue weighted by Crippen LogP contribution is -2.26. The van der Waals surface area contributed by atoms with Crippen LogP contribution in [0.25, 0.3) is 10.2 Å². The van der Waals surface area contributed by atoms with Crippen molar-refractivity contribution in [1.82, 2.24) is 4.98 Å². The van der Waals surface area contributed by atoms with Crippen LogP contribution in [-0.4, -0.2) is 18.1 Å². The van der Waals surface area contributed by atoms with Crippen LogP contribution in [0.4, 0.5) is 11.4 Å². The molecule has 0 bridgehead atoms. The van der Waals surface area contributed by atoms with Gasteiger partial charge in [-0.3, -0.25) is 0 Å². The number of benzene rings is 1. The lowest BCUT2D eigenvalue weighted by molar-refractivity contribution is 0.263. The van der Waals surface area contributed by atoms with Crippen LogP contribution in [0.2, 0.25) is 0 Å². The Bertz CT molecular complexity index is 597. The first-order valence-electron chi connectivity index (χ1n) is 6.83. The van der Waals surface area contributed by atoms with Gasteiger partial charge in [-0.1, -0.05) is 20.8 Å². The van der Waals surface area contributed by atoms with E-state index in [-0.39, 0.29) is 0 Å². The summed E-state index contributed by atoms with van der Waals surface area (Å²) in [5.41, 5.74) is 11.5. The fourth-order valence-corrected chi connectivity index (χ4v) is 3.60. The molecule has 1 saturated heterocycles. The van der Waals surface area contributed by atoms with Crippen LogP contribution in [0.1, 0.15) is 27.2 Å². The van der Waals surface area contributed by atoms with E-state index in [1.165, 1.54) is 11.1 Å². The van der Waals surface area contributed by atoms with Gasteiger partial charge in [-0.05, 0) is 29.9 Å². The minimum atomic E-state index is 0.369. The maximum Gasteiger partial charge on any atom is 0.106 e. The smallest absolute Gasteiger partial charge is 0.106 e. The molecule has 1 atom stereocenters. The standard InChI is InChI=1S/C15H21N3S/c1-15(2,3)10-6-7-18(8-10)11-4-5-12-14(13(11)16)17-9-19-12/h4-5,9-10H,6-8,16H2,1-3H3. The Labute approximate surface area is 118 Å². The van der Waals surface area contributed by atoms with Crippen molar-refractivity contribution >= 4 is 32.9 Å². The van der Waals surface area contributed by atoms with Crippen molar-refractivity contribution in [1.29, 1.82) is 0 Å². The molecular formula is C15H21N3S. The van der Waals surface area contributed by atoms with Gasteiger partial charge in [-0.15, -0.1) is 11.3 Å². The Morgan fingerprint density at radius 2 is 2.16 bits per heavy atom. The van der Waals surface area contributed by atoms with Crippen LogP contribution in [0.3, 0.4) is 0 Å². The summed E-state index contributed by atoms with van der Waals surface area (Å²) in [7, 11) is 0. The van der Waals surface area contributed by atoms with E-state index >= 15 is 0 Å². The van der Waals surface area contributed by atoms with Crippen molar-refractivity contribution in [3.63, 3.8) is 0 Å². The second-order valence-corrected chi connectivity index (χ2v) is 7.38. The van der Waals surface area contributed by atoms with Gasteiger partial charge in [0.1, 0.15) is 5.52 Å². The van der Waals surface area contributed by atoms with E-state index in [1.54, 1.807) is 11.3 Å². The maximum atomic E-state index is 6.30. The zero-order valence-electron chi connectivity index (χ0n) is 11.8. The molecule has 0 aliphatic carbocycles. The van der Waals surface area contributed by atoms with Crippen LogP contribution in [-0.2, 0) is 0 Å². The molecule has 1 aromatic heterocycles. The van der Waals surface area contributed by atoms with Gasteiger partial charge in [-0.25, -0.2) is 4.98 Å². The Balaban J connectivity index is 1.91. The van der Waals surface area contributed by atoms with Gasteiger partial charge >= 0.3 is 0 Å². The molecule has 0 spiro atoms. The Kier molecular flexibility index (Phi) is 2.93. The van der Waals surface area contributed by atoms with Gasteiger partial charge in [0, 0.05) is 13.1 Å². The predicted octanol–water partition coefficient (Wildman–Crippen LogP) is 3.75. The number of anilines is 2. The van der Waals surface area contributed by atoms with Crippen molar-refractivity contribution in [2.24, 2.45) is 11.3 Å². The van der Waals surface area contributed by atoms with Crippen molar-refractivity contribution in [2.75, 3.05) is 23.7 Å². The molecule has 0 amide bonds. The number of rotatable bonds is 1. The molecule has 3 nitrogen and oxygen atoms in total. The lowest BCUT2D eigenvalue weighted by Gasteiger charge is -2.28. The summed E-state index contributed by atoms with van der Waals surface area (Å²) in [6.45, 7) is 9.18. The number of hydrogen-bond donors (Lipinski definition) is 1. The first-order chi connectivity index (χ1) is 8.97. The number of nitrogens with zero attached hydrogens (tertiary/aromatic N) is 2. The van der Waals surface area contributed by atoms with Gasteiger partial charge in [0.25, 0.3) is 0 Å². The molecule has 3 rings (SSSR count). The number of aromatic nitrogens is 1. The third kappa shape index (κ3) is 2.18. The van der Waals surface area contributed by atoms with Gasteiger partial charge in [0.2, 0.25) is 0 Å². The first kappa shape index (κ1) is 12.7. The molecule has 1 aliphatic rings. The number of nitrogen functional groups attached to an aromatic ring is 1. The number of fused-ring (bicyclic) bond motifs is 1. The molecule has 2 N–H and O–H groups in total. The Morgan fingerprint density at radius 3 is 2.84 bits per heavy atom. The average Bonchev–Trinajstić information content (AvgIpc) is 2.96. The molecule has 1 aromatic carbocycles. The highest BCUT2D eigenvalue weighted by Crippen LogP contribution is 2.39. The summed E-state index contributed by atoms with van der Waals surface area (Å²) in [6.07, 6.45) is 1.25. The van der Waals surface area contributed by atoms with Crippen LogP contribution in [0.15, 0.2) is 17.6 Å². The highest BCUT2D eigenvalue weighted by molar-refractivity contribution is 7.16. The summed E-state index contributed by atoms with van der Waals surface area (Å²) >= 11 is 1.65. The van der Waals surface area contributed by atoms with E-state index in [9.17, 15) is 0 Å². The van der Waals surface area contributed by atoms with E-state index < -0.39 is 0 Å². The van der Waals surface area contributed by atoms with Crippen molar-refractivity contribution in [3.8, 4) is 0 Å². The first-order valence-corrected chi connectivity index (χ1v) is 7.71. The quantitative estimate of drug-likeness (QED) is 0.806. The molecule has 1 aliphatic heterocycles. The van der Waals surface area contributed by atoms with Crippen molar-refractivity contribution in [2.45, 2.75) is 27.2 Å². The minimum Gasteiger partial charge on any atom is -0.395 e. The van der Waals surface area contributed by atoms with E-state index in [4.69, 9.17) is 5.73 Å². The fourth-order valence-electron chi connectivity index (χ4n) is 2.90. The summed E-state index contributed by atoms with van der Waals surface area (Å²) in [5, 5.41) is 0. The Hall–Kier alpha value is -1.29. The van der Waals surface area contributed by atoms with Crippen molar-refractivity contribution in [3.05, 3.63) is 17.6 Å². The summed E-state index contributed by atoms with van der Waals surface area (Å²) < 4.78 is 1.17. The summed E-state index contributed by atoms with van der Waals surface area (Å²) in [4.78, 5) is 6.81. The largest absolute Gasteiger partial charge is 0.395 e. The molecule has 2 aromatic rings. The number of nitrogens with two attached hydrogens (primary N) is 1. The minimum absolute atomic E-state index is 0.369. The van der Waals surface area contributed by atoms with E-state index in [2.05, 4.69) is 42.8 Å². The zero-order valence-corrected chi connectivity index (χ0v) is 12.6. The average molecular weight is 275 g/mol. The topological polar surface area (TPSA) is 42.2 Å². The van der Waals surface area contributed by atoms with Crippen molar-refractivity contribution < 1.29 is 0 Å².